The summed E-state index contributed by atoms with van der Waals surface area (Å²) in [4.78, 5) is 18.0. The molecule has 0 spiro atoms. The Bertz CT molecular complexity index is 528. The predicted molar refractivity (Wildman–Crippen MR) is 115 cm³/mol. The molecule has 0 aliphatic carbocycles. The highest BCUT2D eigenvalue weighted by Gasteiger charge is 2.19. The van der Waals surface area contributed by atoms with Gasteiger partial charge in [-0.3, -0.25) is 9.67 Å². The number of carbonyl (C=O) groups is 1. The standard InChI is InChI=1S/C17H32N6O2.HI/c1-6-18-15(19-9-7-12-23-13-8-10-21-23)20-11-14-22(5)16(24)25-17(2,3)4;/h8,10,13H,6-7,9,11-12,14H2,1-5H3,(H2,18,19,20);1H. The maximum atomic E-state index is 11.9. The Morgan fingerprint density at radius 1 is 1.35 bits per heavy atom. The van der Waals surface area contributed by atoms with Crippen LogP contribution < -0.4 is 10.6 Å². The third-order valence-electron chi connectivity index (χ3n) is 3.16. The summed E-state index contributed by atoms with van der Waals surface area (Å²) in [5, 5.41) is 10.6. The van der Waals surface area contributed by atoms with Crippen LogP contribution in [0.2, 0.25) is 0 Å². The lowest BCUT2D eigenvalue weighted by Crippen LogP contribution is -2.43. The van der Waals surface area contributed by atoms with Gasteiger partial charge in [-0.15, -0.1) is 24.0 Å². The lowest BCUT2D eigenvalue weighted by atomic mass is 10.2. The molecular weight excluding hydrogens is 447 g/mol. The highest BCUT2D eigenvalue weighted by molar-refractivity contribution is 14.0. The number of aryl methyl sites for hydroxylation is 1. The lowest BCUT2D eigenvalue weighted by Gasteiger charge is -2.24. The first kappa shape index (κ1) is 24.5. The third kappa shape index (κ3) is 11.2. The Kier molecular flexibility index (Phi) is 12.0. The van der Waals surface area contributed by atoms with Crippen molar-refractivity contribution in [1.82, 2.24) is 25.3 Å². The highest BCUT2D eigenvalue weighted by Crippen LogP contribution is 2.08. The van der Waals surface area contributed by atoms with Crippen LogP contribution in [0.1, 0.15) is 34.1 Å². The predicted octanol–water partition coefficient (Wildman–Crippen LogP) is 2.31. The van der Waals surface area contributed by atoms with E-state index in [1.54, 1.807) is 18.1 Å². The molecule has 0 atom stereocenters. The minimum atomic E-state index is -0.482. The molecule has 1 rings (SSSR count). The van der Waals surface area contributed by atoms with E-state index in [9.17, 15) is 4.79 Å². The van der Waals surface area contributed by atoms with Crippen molar-refractivity contribution in [3.63, 3.8) is 0 Å². The molecule has 8 nitrogen and oxygen atoms in total. The lowest BCUT2D eigenvalue weighted by molar-refractivity contribution is 0.0302. The molecule has 0 aliphatic heterocycles. The zero-order valence-electron chi connectivity index (χ0n) is 16.5. The summed E-state index contributed by atoms with van der Waals surface area (Å²) in [5.41, 5.74) is -0.482. The summed E-state index contributed by atoms with van der Waals surface area (Å²) in [6.45, 7) is 11.1. The van der Waals surface area contributed by atoms with Crippen molar-refractivity contribution in [3.8, 4) is 0 Å². The minimum Gasteiger partial charge on any atom is -0.444 e. The topological polar surface area (TPSA) is 83.8 Å². The Morgan fingerprint density at radius 3 is 2.65 bits per heavy atom. The van der Waals surface area contributed by atoms with Gasteiger partial charge < -0.3 is 20.3 Å². The maximum absolute atomic E-state index is 11.9. The first-order valence-corrected chi connectivity index (χ1v) is 8.75. The Labute approximate surface area is 173 Å². The van der Waals surface area contributed by atoms with E-state index in [2.05, 4.69) is 20.7 Å². The van der Waals surface area contributed by atoms with Crippen LogP contribution in [-0.4, -0.2) is 65.6 Å². The van der Waals surface area contributed by atoms with Gasteiger partial charge in [0, 0.05) is 52.2 Å². The molecule has 0 fully saturated rings. The normalized spacial score (nSPS) is 11.5. The molecule has 9 heteroatoms. The number of hydrogen-bond acceptors (Lipinski definition) is 4. The summed E-state index contributed by atoms with van der Waals surface area (Å²) in [6, 6.07) is 1.91. The third-order valence-corrected chi connectivity index (χ3v) is 3.16. The molecule has 0 saturated carbocycles. The number of hydrogen-bond donors (Lipinski definition) is 2. The fourth-order valence-corrected chi connectivity index (χ4v) is 1.97. The molecule has 1 heterocycles. The summed E-state index contributed by atoms with van der Waals surface area (Å²) in [5.74, 6) is 0.751. The van der Waals surface area contributed by atoms with Gasteiger partial charge in [-0.2, -0.15) is 5.10 Å². The van der Waals surface area contributed by atoms with Crippen molar-refractivity contribution < 1.29 is 9.53 Å². The fourth-order valence-electron chi connectivity index (χ4n) is 1.97. The van der Waals surface area contributed by atoms with Crippen LogP contribution in [0.15, 0.2) is 23.5 Å². The summed E-state index contributed by atoms with van der Waals surface area (Å²) < 4.78 is 7.22. The molecule has 0 saturated heterocycles. The largest absolute Gasteiger partial charge is 0.444 e. The summed E-state index contributed by atoms with van der Waals surface area (Å²) >= 11 is 0. The molecule has 1 amide bonds. The molecule has 150 valence electrons. The van der Waals surface area contributed by atoms with Gasteiger partial charge in [0.2, 0.25) is 0 Å². The van der Waals surface area contributed by atoms with E-state index >= 15 is 0 Å². The number of carbonyl (C=O) groups excluding carboxylic acids is 1. The second kappa shape index (κ2) is 12.8. The van der Waals surface area contributed by atoms with Crippen LogP contribution in [0.4, 0.5) is 4.79 Å². The number of rotatable bonds is 8. The van der Waals surface area contributed by atoms with E-state index < -0.39 is 5.60 Å². The van der Waals surface area contributed by atoms with Gasteiger partial charge in [-0.1, -0.05) is 0 Å². The zero-order chi connectivity index (χ0) is 18.7. The van der Waals surface area contributed by atoms with Gasteiger partial charge >= 0.3 is 6.09 Å². The second-order valence-electron chi connectivity index (χ2n) is 6.71. The summed E-state index contributed by atoms with van der Waals surface area (Å²) in [7, 11) is 1.73. The van der Waals surface area contributed by atoms with E-state index in [0.29, 0.717) is 19.6 Å². The highest BCUT2D eigenvalue weighted by atomic mass is 127. The van der Waals surface area contributed by atoms with Crippen molar-refractivity contribution in [3.05, 3.63) is 18.5 Å². The molecule has 0 bridgehead atoms. The first-order valence-electron chi connectivity index (χ1n) is 8.75. The van der Waals surface area contributed by atoms with Crippen LogP contribution in [0.5, 0.6) is 0 Å². The van der Waals surface area contributed by atoms with Crippen LogP contribution in [0.3, 0.4) is 0 Å². The van der Waals surface area contributed by atoms with Gasteiger partial charge in [0.15, 0.2) is 5.96 Å². The quantitative estimate of drug-likeness (QED) is 0.258. The van der Waals surface area contributed by atoms with Crippen molar-refractivity contribution in [2.24, 2.45) is 4.99 Å². The minimum absolute atomic E-state index is 0. The van der Waals surface area contributed by atoms with Gasteiger partial charge in [0.25, 0.3) is 0 Å². The van der Waals surface area contributed by atoms with Gasteiger partial charge in [-0.05, 0) is 40.2 Å². The number of likely N-dealkylation sites (N-methyl/N-ethyl adjacent to an activating group) is 1. The van der Waals surface area contributed by atoms with Gasteiger partial charge in [0.1, 0.15) is 5.60 Å². The van der Waals surface area contributed by atoms with E-state index in [-0.39, 0.29) is 30.1 Å². The van der Waals surface area contributed by atoms with Gasteiger partial charge in [0.05, 0.1) is 0 Å². The van der Waals surface area contributed by atoms with E-state index in [1.165, 1.54) is 0 Å². The smallest absolute Gasteiger partial charge is 0.410 e. The maximum Gasteiger partial charge on any atom is 0.410 e. The molecule has 1 aromatic rings. The number of aliphatic imine (C=N–C) groups is 1. The SMILES string of the molecule is CCNC(=NCCCn1cccn1)NCCN(C)C(=O)OC(C)(C)C.I. The zero-order valence-corrected chi connectivity index (χ0v) is 18.8. The van der Waals surface area contributed by atoms with E-state index in [0.717, 1.165) is 25.5 Å². The Morgan fingerprint density at radius 2 is 2.08 bits per heavy atom. The van der Waals surface area contributed by atoms with Crippen molar-refractivity contribution in [2.75, 3.05) is 33.2 Å². The molecule has 0 radical (unpaired) electrons. The number of nitrogens with one attached hydrogen (secondary N) is 2. The average molecular weight is 480 g/mol. The number of halogens is 1. The van der Waals surface area contributed by atoms with Crippen molar-refractivity contribution >= 4 is 36.0 Å². The van der Waals surface area contributed by atoms with Crippen LogP contribution in [0, 0.1) is 0 Å². The molecule has 2 N–H and O–H groups in total. The Balaban J connectivity index is 0.00000625. The van der Waals surface area contributed by atoms with E-state index in [1.807, 2.05) is 44.6 Å². The van der Waals surface area contributed by atoms with Crippen molar-refractivity contribution in [2.45, 2.75) is 46.3 Å². The molecule has 1 aromatic heterocycles. The number of aromatic nitrogens is 2. The van der Waals surface area contributed by atoms with Crippen LogP contribution >= 0.6 is 24.0 Å². The monoisotopic (exact) mass is 480 g/mol. The average Bonchev–Trinajstić information content (AvgIpc) is 3.03. The number of guanidine groups is 1. The number of amides is 1. The van der Waals surface area contributed by atoms with Crippen LogP contribution in [0.25, 0.3) is 0 Å². The van der Waals surface area contributed by atoms with Gasteiger partial charge in [-0.25, -0.2) is 4.79 Å². The molecular formula is C17H33IN6O2. The first-order chi connectivity index (χ1) is 11.8. The van der Waals surface area contributed by atoms with Crippen molar-refractivity contribution in [1.29, 1.82) is 0 Å². The molecule has 26 heavy (non-hydrogen) atoms. The molecule has 0 aromatic carbocycles. The molecule has 0 unspecified atom stereocenters. The number of nitrogens with zero attached hydrogens (tertiary/aromatic N) is 4. The second-order valence-corrected chi connectivity index (χ2v) is 6.71. The van der Waals surface area contributed by atoms with Crippen LogP contribution in [-0.2, 0) is 11.3 Å². The number of ether oxygens (including phenoxy) is 1. The fraction of sp³-hybridized carbons (Fsp3) is 0.706. The van der Waals surface area contributed by atoms with E-state index in [4.69, 9.17) is 4.74 Å². The molecule has 0 aliphatic rings. The summed E-state index contributed by atoms with van der Waals surface area (Å²) in [6.07, 6.45) is 4.31. The Hall–Kier alpha value is -1.52.